The second-order valence-corrected chi connectivity index (χ2v) is 6.30. The molecule has 6 heteroatoms. The summed E-state index contributed by atoms with van der Waals surface area (Å²) in [7, 11) is 0. The topological polar surface area (TPSA) is 57.8 Å². The minimum absolute atomic E-state index is 0.102. The molecule has 0 aromatic carbocycles. The SMILES string of the molecule is CSC(C)(C)CNc1nc[nH]c(=O)c1I. The number of hydrogen-bond acceptors (Lipinski definition) is 4. The number of H-pyrrole nitrogens is 1. The Hall–Kier alpha value is -0.240. The molecule has 0 radical (unpaired) electrons. The van der Waals surface area contributed by atoms with Gasteiger partial charge in [0.1, 0.15) is 9.39 Å². The van der Waals surface area contributed by atoms with Gasteiger partial charge in [-0.1, -0.05) is 0 Å². The van der Waals surface area contributed by atoms with Crippen LogP contribution in [0.5, 0.6) is 0 Å². The van der Waals surface area contributed by atoms with Crippen LogP contribution < -0.4 is 10.9 Å². The van der Waals surface area contributed by atoms with E-state index in [0.717, 1.165) is 6.54 Å². The van der Waals surface area contributed by atoms with E-state index in [1.807, 2.05) is 22.6 Å². The van der Waals surface area contributed by atoms with Gasteiger partial charge in [-0.3, -0.25) is 4.79 Å². The van der Waals surface area contributed by atoms with Crippen molar-refractivity contribution in [1.29, 1.82) is 0 Å². The fraction of sp³-hybridized carbons (Fsp3) is 0.556. The Labute approximate surface area is 107 Å². The third-order valence-corrected chi connectivity index (χ3v) is 4.28. The summed E-state index contributed by atoms with van der Waals surface area (Å²) in [5.74, 6) is 0.654. The number of anilines is 1. The zero-order chi connectivity index (χ0) is 11.5. The molecule has 0 amide bonds. The maximum absolute atomic E-state index is 11.3. The van der Waals surface area contributed by atoms with Crippen molar-refractivity contribution < 1.29 is 0 Å². The predicted molar refractivity (Wildman–Crippen MR) is 73.7 cm³/mol. The lowest BCUT2D eigenvalue weighted by atomic mass is 10.2. The Morgan fingerprint density at radius 1 is 1.67 bits per heavy atom. The molecule has 1 rings (SSSR count). The Bertz CT molecular complexity index is 391. The van der Waals surface area contributed by atoms with Crippen LogP contribution in [0.1, 0.15) is 13.8 Å². The zero-order valence-electron chi connectivity index (χ0n) is 8.93. The average molecular weight is 339 g/mol. The minimum atomic E-state index is -0.102. The van der Waals surface area contributed by atoms with Crippen LogP contribution in [0.4, 0.5) is 5.82 Å². The molecule has 1 heterocycles. The Morgan fingerprint density at radius 2 is 2.33 bits per heavy atom. The number of aromatic nitrogens is 2. The first kappa shape index (κ1) is 12.8. The van der Waals surface area contributed by atoms with Gasteiger partial charge in [0.15, 0.2) is 0 Å². The van der Waals surface area contributed by atoms with Crippen molar-refractivity contribution in [3.63, 3.8) is 0 Å². The molecule has 0 fully saturated rings. The van der Waals surface area contributed by atoms with Gasteiger partial charge in [0, 0.05) is 11.3 Å². The van der Waals surface area contributed by atoms with Crippen molar-refractivity contribution in [2.45, 2.75) is 18.6 Å². The maximum atomic E-state index is 11.3. The summed E-state index contributed by atoms with van der Waals surface area (Å²) in [6.07, 6.45) is 3.48. The summed E-state index contributed by atoms with van der Waals surface area (Å²) in [6, 6.07) is 0. The van der Waals surface area contributed by atoms with E-state index in [9.17, 15) is 4.79 Å². The molecule has 0 saturated carbocycles. The minimum Gasteiger partial charge on any atom is -0.368 e. The van der Waals surface area contributed by atoms with Gasteiger partial charge in [-0.05, 0) is 42.7 Å². The highest BCUT2D eigenvalue weighted by molar-refractivity contribution is 14.1. The highest BCUT2D eigenvalue weighted by Crippen LogP contribution is 2.21. The molecule has 15 heavy (non-hydrogen) atoms. The van der Waals surface area contributed by atoms with E-state index < -0.39 is 0 Å². The van der Waals surface area contributed by atoms with Gasteiger partial charge in [-0.2, -0.15) is 11.8 Å². The quantitative estimate of drug-likeness (QED) is 0.823. The van der Waals surface area contributed by atoms with Crippen molar-refractivity contribution >= 4 is 40.2 Å². The molecule has 0 bridgehead atoms. The van der Waals surface area contributed by atoms with E-state index in [0.29, 0.717) is 9.39 Å². The Morgan fingerprint density at radius 3 is 2.93 bits per heavy atom. The second-order valence-electron chi connectivity index (χ2n) is 3.71. The van der Waals surface area contributed by atoms with E-state index >= 15 is 0 Å². The van der Waals surface area contributed by atoms with Crippen LogP contribution in [0.2, 0.25) is 0 Å². The summed E-state index contributed by atoms with van der Waals surface area (Å²) in [5.41, 5.74) is -0.102. The standard InChI is InChI=1S/C9H14IN3OS/c1-9(2,15-3)4-11-7-6(10)8(14)13-5-12-7/h5H,4H2,1-3H3,(H2,11,12,13,14). The lowest BCUT2D eigenvalue weighted by molar-refractivity contribution is 0.749. The molecule has 0 unspecified atom stereocenters. The number of nitrogens with zero attached hydrogens (tertiary/aromatic N) is 1. The first-order valence-corrected chi connectivity index (χ1v) is 6.79. The van der Waals surface area contributed by atoms with Gasteiger partial charge in [0.2, 0.25) is 0 Å². The number of halogens is 1. The van der Waals surface area contributed by atoms with E-state index in [2.05, 4.69) is 35.4 Å². The van der Waals surface area contributed by atoms with E-state index in [4.69, 9.17) is 0 Å². The van der Waals surface area contributed by atoms with Gasteiger partial charge < -0.3 is 10.3 Å². The molecule has 2 N–H and O–H groups in total. The fourth-order valence-electron chi connectivity index (χ4n) is 0.875. The van der Waals surface area contributed by atoms with Crippen LogP contribution in [0, 0.1) is 3.57 Å². The molecular weight excluding hydrogens is 325 g/mol. The summed E-state index contributed by atoms with van der Waals surface area (Å²) in [5, 5.41) is 3.19. The first-order valence-electron chi connectivity index (χ1n) is 4.48. The lowest BCUT2D eigenvalue weighted by Gasteiger charge is -2.22. The average Bonchev–Trinajstić information content (AvgIpc) is 2.20. The molecule has 1 aromatic heterocycles. The molecule has 0 spiro atoms. The third kappa shape index (κ3) is 3.67. The van der Waals surface area contributed by atoms with Crippen LogP contribution in [-0.4, -0.2) is 27.5 Å². The van der Waals surface area contributed by atoms with Crippen LogP contribution >= 0.6 is 34.4 Å². The molecule has 0 aliphatic heterocycles. The zero-order valence-corrected chi connectivity index (χ0v) is 11.9. The van der Waals surface area contributed by atoms with Gasteiger partial charge in [0.05, 0.1) is 6.33 Å². The lowest BCUT2D eigenvalue weighted by Crippen LogP contribution is -2.27. The van der Waals surface area contributed by atoms with Gasteiger partial charge in [-0.15, -0.1) is 0 Å². The Kier molecular flexibility index (Phi) is 4.45. The number of thioether (sulfide) groups is 1. The first-order chi connectivity index (χ1) is 6.96. The van der Waals surface area contributed by atoms with Crippen LogP contribution in [0.25, 0.3) is 0 Å². The van der Waals surface area contributed by atoms with Gasteiger partial charge in [-0.25, -0.2) is 4.98 Å². The Balaban J connectivity index is 2.74. The molecule has 0 saturated heterocycles. The monoisotopic (exact) mass is 339 g/mol. The number of aromatic amines is 1. The maximum Gasteiger partial charge on any atom is 0.266 e. The highest BCUT2D eigenvalue weighted by atomic mass is 127. The van der Waals surface area contributed by atoms with Crippen molar-refractivity contribution in [2.24, 2.45) is 0 Å². The summed E-state index contributed by atoms with van der Waals surface area (Å²) < 4.78 is 0.736. The van der Waals surface area contributed by atoms with Crippen LogP contribution in [-0.2, 0) is 0 Å². The number of hydrogen-bond donors (Lipinski definition) is 2. The van der Waals surface area contributed by atoms with E-state index in [-0.39, 0.29) is 10.3 Å². The molecule has 0 aliphatic rings. The van der Waals surface area contributed by atoms with Crippen LogP contribution in [0.15, 0.2) is 11.1 Å². The van der Waals surface area contributed by atoms with Gasteiger partial charge >= 0.3 is 0 Å². The molecule has 84 valence electrons. The fourth-order valence-corrected chi connectivity index (χ4v) is 1.58. The largest absolute Gasteiger partial charge is 0.368 e. The third-order valence-electron chi connectivity index (χ3n) is 2.03. The smallest absolute Gasteiger partial charge is 0.266 e. The van der Waals surface area contributed by atoms with Crippen molar-refractivity contribution in [2.75, 3.05) is 18.1 Å². The highest BCUT2D eigenvalue weighted by Gasteiger charge is 2.16. The van der Waals surface area contributed by atoms with Crippen LogP contribution in [0.3, 0.4) is 0 Å². The van der Waals surface area contributed by atoms with Gasteiger partial charge in [0.25, 0.3) is 5.56 Å². The van der Waals surface area contributed by atoms with Crippen molar-refractivity contribution in [1.82, 2.24) is 9.97 Å². The summed E-state index contributed by atoms with van der Waals surface area (Å²) >= 11 is 3.77. The summed E-state index contributed by atoms with van der Waals surface area (Å²) in [4.78, 5) is 17.9. The number of nitrogens with one attached hydrogen (secondary N) is 2. The molecular formula is C9H14IN3OS. The van der Waals surface area contributed by atoms with E-state index in [1.165, 1.54) is 6.33 Å². The molecule has 0 atom stereocenters. The second kappa shape index (κ2) is 5.20. The normalized spacial score (nSPS) is 11.5. The van der Waals surface area contributed by atoms with Crippen molar-refractivity contribution in [3.8, 4) is 0 Å². The predicted octanol–water partition coefficient (Wildman–Crippen LogP) is 1.93. The van der Waals surface area contributed by atoms with Crippen molar-refractivity contribution in [3.05, 3.63) is 20.3 Å². The molecule has 1 aromatic rings. The number of rotatable bonds is 4. The van der Waals surface area contributed by atoms with E-state index in [1.54, 1.807) is 11.8 Å². The molecule has 0 aliphatic carbocycles. The molecule has 4 nitrogen and oxygen atoms in total. The summed E-state index contributed by atoms with van der Waals surface area (Å²) in [6.45, 7) is 5.07.